The molecule has 1 aliphatic rings. The molecule has 1 saturated heterocycles. The fraction of sp³-hybridized carbons (Fsp3) is 0.600. The lowest BCUT2D eigenvalue weighted by Gasteiger charge is -2.38. The van der Waals surface area contributed by atoms with Gasteiger partial charge in [-0.25, -0.2) is 0 Å². The van der Waals surface area contributed by atoms with Gasteiger partial charge in [0.2, 0.25) is 0 Å². The van der Waals surface area contributed by atoms with Crippen LogP contribution in [0, 0.1) is 0 Å². The van der Waals surface area contributed by atoms with Crippen molar-refractivity contribution in [2.24, 2.45) is 0 Å². The van der Waals surface area contributed by atoms with E-state index in [9.17, 15) is 0 Å². The molecule has 0 aliphatic carbocycles. The lowest BCUT2D eigenvalue weighted by Crippen LogP contribution is -2.42. The zero-order valence-electron chi connectivity index (χ0n) is 11.6. The van der Waals surface area contributed by atoms with E-state index >= 15 is 0 Å². The van der Waals surface area contributed by atoms with E-state index in [1.807, 2.05) is 12.1 Å². The Morgan fingerprint density at radius 3 is 2.50 bits per heavy atom. The van der Waals surface area contributed by atoms with E-state index in [0.717, 1.165) is 5.02 Å². The van der Waals surface area contributed by atoms with Gasteiger partial charge in [-0.3, -0.25) is 4.90 Å². The molecule has 1 aliphatic heterocycles. The fourth-order valence-electron chi connectivity index (χ4n) is 2.75. The Balaban J connectivity index is 2.05. The minimum absolute atomic E-state index is 0.382. The SMILES string of the molecule is CC(c1ccccc1Cl)N(C)C1CCN(C)CC1. The van der Waals surface area contributed by atoms with Gasteiger partial charge in [-0.05, 0) is 58.6 Å². The summed E-state index contributed by atoms with van der Waals surface area (Å²) in [5, 5.41) is 0.879. The fourth-order valence-corrected chi connectivity index (χ4v) is 3.05. The van der Waals surface area contributed by atoms with Gasteiger partial charge in [-0.2, -0.15) is 0 Å². The summed E-state index contributed by atoms with van der Waals surface area (Å²) in [7, 11) is 4.43. The number of benzene rings is 1. The van der Waals surface area contributed by atoms with Gasteiger partial charge in [-0.1, -0.05) is 29.8 Å². The predicted molar refractivity (Wildman–Crippen MR) is 78.1 cm³/mol. The summed E-state index contributed by atoms with van der Waals surface area (Å²) < 4.78 is 0. The Morgan fingerprint density at radius 1 is 1.28 bits per heavy atom. The summed E-state index contributed by atoms with van der Waals surface area (Å²) in [6.07, 6.45) is 2.50. The van der Waals surface area contributed by atoms with Crippen molar-refractivity contribution in [2.75, 3.05) is 27.2 Å². The molecule has 0 bridgehead atoms. The van der Waals surface area contributed by atoms with E-state index in [4.69, 9.17) is 11.6 Å². The van der Waals surface area contributed by atoms with Gasteiger partial charge in [0.05, 0.1) is 0 Å². The van der Waals surface area contributed by atoms with Crippen LogP contribution in [0.2, 0.25) is 5.02 Å². The average molecular weight is 267 g/mol. The number of likely N-dealkylation sites (tertiary alicyclic amines) is 1. The van der Waals surface area contributed by atoms with Crippen LogP contribution in [0.3, 0.4) is 0 Å². The van der Waals surface area contributed by atoms with E-state index in [1.165, 1.54) is 31.5 Å². The van der Waals surface area contributed by atoms with Gasteiger partial charge in [-0.15, -0.1) is 0 Å². The Hall–Kier alpha value is -0.570. The number of rotatable bonds is 3. The largest absolute Gasteiger partial charge is 0.306 e. The third kappa shape index (κ3) is 3.05. The van der Waals surface area contributed by atoms with E-state index in [-0.39, 0.29) is 0 Å². The molecule has 0 aromatic heterocycles. The van der Waals surface area contributed by atoms with E-state index < -0.39 is 0 Å². The molecule has 0 saturated carbocycles. The third-order valence-electron chi connectivity index (χ3n) is 4.23. The second-order valence-electron chi connectivity index (χ2n) is 5.40. The zero-order valence-corrected chi connectivity index (χ0v) is 12.3. The van der Waals surface area contributed by atoms with Gasteiger partial charge in [0, 0.05) is 17.1 Å². The van der Waals surface area contributed by atoms with Crippen molar-refractivity contribution in [3.8, 4) is 0 Å². The van der Waals surface area contributed by atoms with Crippen LogP contribution in [0.25, 0.3) is 0 Å². The monoisotopic (exact) mass is 266 g/mol. The molecule has 0 N–H and O–H groups in total. The van der Waals surface area contributed by atoms with E-state index in [1.54, 1.807) is 0 Å². The van der Waals surface area contributed by atoms with Gasteiger partial charge in [0.15, 0.2) is 0 Å². The first kappa shape index (κ1) is 13.9. The predicted octanol–water partition coefficient (Wildman–Crippen LogP) is 3.43. The first-order valence-corrected chi connectivity index (χ1v) is 7.12. The number of hydrogen-bond acceptors (Lipinski definition) is 2. The first-order valence-electron chi connectivity index (χ1n) is 6.74. The first-order chi connectivity index (χ1) is 8.59. The molecular weight excluding hydrogens is 244 g/mol. The van der Waals surface area contributed by atoms with Crippen LogP contribution in [0.5, 0.6) is 0 Å². The molecule has 1 aromatic carbocycles. The van der Waals surface area contributed by atoms with Crippen molar-refractivity contribution in [1.82, 2.24) is 9.80 Å². The van der Waals surface area contributed by atoms with Crippen LogP contribution in [-0.2, 0) is 0 Å². The molecule has 3 heteroatoms. The highest BCUT2D eigenvalue weighted by atomic mass is 35.5. The highest BCUT2D eigenvalue weighted by Gasteiger charge is 2.25. The number of hydrogen-bond donors (Lipinski definition) is 0. The van der Waals surface area contributed by atoms with Crippen molar-refractivity contribution in [1.29, 1.82) is 0 Å². The zero-order chi connectivity index (χ0) is 13.1. The lowest BCUT2D eigenvalue weighted by atomic mass is 9.99. The molecule has 1 atom stereocenters. The third-order valence-corrected chi connectivity index (χ3v) is 4.57. The summed E-state index contributed by atoms with van der Waals surface area (Å²) in [6, 6.07) is 9.24. The Morgan fingerprint density at radius 2 is 1.89 bits per heavy atom. The molecule has 2 nitrogen and oxygen atoms in total. The quantitative estimate of drug-likeness (QED) is 0.827. The van der Waals surface area contributed by atoms with Crippen LogP contribution >= 0.6 is 11.6 Å². The van der Waals surface area contributed by atoms with Crippen molar-refractivity contribution < 1.29 is 0 Å². The average Bonchev–Trinajstić information content (AvgIpc) is 2.38. The second kappa shape index (κ2) is 6.05. The minimum Gasteiger partial charge on any atom is -0.306 e. The Labute approximate surface area is 116 Å². The summed E-state index contributed by atoms with van der Waals surface area (Å²) in [5.74, 6) is 0. The molecule has 100 valence electrons. The Bertz CT molecular complexity index is 386. The second-order valence-corrected chi connectivity index (χ2v) is 5.80. The lowest BCUT2D eigenvalue weighted by molar-refractivity contribution is 0.114. The molecule has 1 aromatic rings. The van der Waals surface area contributed by atoms with Crippen LogP contribution in [0.15, 0.2) is 24.3 Å². The highest BCUT2D eigenvalue weighted by Crippen LogP contribution is 2.29. The van der Waals surface area contributed by atoms with Crippen molar-refractivity contribution in [3.05, 3.63) is 34.9 Å². The molecule has 1 fully saturated rings. The van der Waals surface area contributed by atoms with Gasteiger partial charge in [0.1, 0.15) is 0 Å². The van der Waals surface area contributed by atoms with Crippen LogP contribution < -0.4 is 0 Å². The standard InChI is InChI=1S/C15H23ClN2/c1-12(14-6-4-5-7-15(14)16)18(3)13-8-10-17(2)11-9-13/h4-7,12-13H,8-11H2,1-3H3. The maximum absolute atomic E-state index is 6.29. The molecule has 0 radical (unpaired) electrons. The normalized spacial score (nSPS) is 20.3. The number of nitrogens with zero attached hydrogens (tertiary/aromatic N) is 2. The topological polar surface area (TPSA) is 6.48 Å². The van der Waals surface area contributed by atoms with Crippen LogP contribution in [-0.4, -0.2) is 43.0 Å². The molecule has 2 rings (SSSR count). The van der Waals surface area contributed by atoms with Gasteiger partial charge < -0.3 is 4.90 Å². The molecule has 1 unspecified atom stereocenters. The molecule has 18 heavy (non-hydrogen) atoms. The minimum atomic E-state index is 0.382. The van der Waals surface area contributed by atoms with E-state index in [2.05, 4.69) is 43.0 Å². The smallest absolute Gasteiger partial charge is 0.0453 e. The highest BCUT2D eigenvalue weighted by molar-refractivity contribution is 6.31. The Kier molecular flexibility index (Phi) is 4.66. The number of halogens is 1. The molecule has 1 heterocycles. The number of piperidine rings is 1. The van der Waals surface area contributed by atoms with Crippen molar-refractivity contribution >= 4 is 11.6 Å². The summed E-state index contributed by atoms with van der Waals surface area (Å²) in [5.41, 5.74) is 1.24. The summed E-state index contributed by atoms with van der Waals surface area (Å²) in [4.78, 5) is 4.89. The molecular formula is C15H23ClN2. The molecule has 0 spiro atoms. The van der Waals surface area contributed by atoms with Crippen molar-refractivity contribution in [3.63, 3.8) is 0 Å². The van der Waals surface area contributed by atoms with Gasteiger partial charge >= 0.3 is 0 Å². The van der Waals surface area contributed by atoms with Crippen molar-refractivity contribution in [2.45, 2.75) is 31.8 Å². The van der Waals surface area contributed by atoms with Gasteiger partial charge in [0.25, 0.3) is 0 Å². The maximum Gasteiger partial charge on any atom is 0.0453 e. The summed E-state index contributed by atoms with van der Waals surface area (Å²) >= 11 is 6.29. The van der Waals surface area contributed by atoms with E-state index in [0.29, 0.717) is 12.1 Å². The van der Waals surface area contributed by atoms with Crippen LogP contribution in [0.4, 0.5) is 0 Å². The summed E-state index contributed by atoms with van der Waals surface area (Å²) in [6.45, 7) is 4.65. The van der Waals surface area contributed by atoms with Crippen LogP contribution in [0.1, 0.15) is 31.4 Å². The maximum atomic E-state index is 6.29. The molecule has 0 amide bonds.